The largest absolute Gasteiger partial charge is 0.277 e. The van der Waals surface area contributed by atoms with E-state index in [-0.39, 0.29) is 30.2 Å². The molecule has 2 fully saturated rings. The molecule has 2 aliphatic rings. The molecule has 3 rings (SSSR count). The van der Waals surface area contributed by atoms with E-state index in [0.717, 1.165) is 0 Å². The van der Waals surface area contributed by atoms with E-state index >= 15 is 0 Å². The average Bonchev–Trinajstić information content (AvgIpc) is 3.02. The molecular formula is C11H8Cl2N2O2. The number of pyridine rings is 1. The van der Waals surface area contributed by atoms with E-state index in [1.54, 1.807) is 0 Å². The minimum Gasteiger partial charge on any atom is -0.277 e. The third-order valence-electron chi connectivity index (χ3n) is 3.18. The van der Waals surface area contributed by atoms with Crippen LogP contribution in [0.2, 0.25) is 10.2 Å². The van der Waals surface area contributed by atoms with Crippen LogP contribution in [0.1, 0.15) is 12.0 Å². The van der Waals surface area contributed by atoms with Gasteiger partial charge in [-0.3, -0.25) is 14.5 Å². The first-order valence-corrected chi connectivity index (χ1v) is 5.98. The summed E-state index contributed by atoms with van der Waals surface area (Å²) in [7, 11) is 0. The quantitative estimate of drug-likeness (QED) is 0.609. The van der Waals surface area contributed by atoms with E-state index in [1.807, 2.05) is 0 Å². The molecule has 1 aliphatic heterocycles. The summed E-state index contributed by atoms with van der Waals surface area (Å²) < 4.78 is 0. The molecule has 0 aromatic carbocycles. The molecule has 6 heteroatoms. The van der Waals surface area contributed by atoms with Crippen LogP contribution in [0.25, 0.3) is 0 Å². The highest BCUT2D eigenvalue weighted by molar-refractivity contribution is 6.34. The number of carbonyl (C=O) groups excluding carboxylic acids is 2. The summed E-state index contributed by atoms with van der Waals surface area (Å²) in [6, 6.07) is 1.50. The number of hydrogen-bond donors (Lipinski definition) is 0. The highest BCUT2D eigenvalue weighted by Crippen LogP contribution is 2.47. The van der Waals surface area contributed by atoms with Crippen LogP contribution in [0.3, 0.4) is 0 Å². The summed E-state index contributed by atoms with van der Waals surface area (Å²) in [6.07, 6.45) is 2.20. The molecule has 1 aromatic heterocycles. The molecule has 1 saturated heterocycles. The Kier molecular flexibility index (Phi) is 2.38. The molecule has 17 heavy (non-hydrogen) atoms. The smallest absolute Gasteiger partial charge is 0.233 e. The zero-order valence-corrected chi connectivity index (χ0v) is 10.2. The predicted octanol–water partition coefficient (Wildman–Crippen LogP) is 1.89. The number of rotatable bonds is 2. The van der Waals surface area contributed by atoms with E-state index < -0.39 is 0 Å². The van der Waals surface area contributed by atoms with Gasteiger partial charge in [0.2, 0.25) is 11.8 Å². The molecule has 88 valence electrons. The van der Waals surface area contributed by atoms with Crippen LogP contribution in [0, 0.1) is 11.8 Å². The molecule has 2 unspecified atom stereocenters. The van der Waals surface area contributed by atoms with E-state index in [1.165, 1.54) is 17.2 Å². The van der Waals surface area contributed by atoms with Gasteiger partial charge in [-0.2, -0.15) is 0 Å². The predicted molar refractivity (Wildman–Crippen MR) is 61.4 cm³/mol. The first kappa shape index (κ1) is 11.0. The number of fused-ring (bicyclic) bond motifs is 1. The fraction of sp³-hybridized carbons (Fsp3) is 0.364. The van der Waals surface area contributed by atoms with Crippen molar-refractivity contribution in [3.8, 4) is 0 Å². The maximum absolute atomic E-state index is 11.8. The monoisotopic (exact) mass is 270 g/mol. The number of likely N-dealkylation sites (tertiary alicyclic amines) is 1. The number of nitrogens with zero attached hydrogens (tertiary/aromatic N) is 2. The second-order valence-electron chi connectivity index (χ2n) is 4.31. The van der Waals surface area contributed by atoms with Crippen molar-refractivity contribution < 1.29 is 9.59 Å². The second kappa shape index (κ2) is 3.68. The summed E-state index contributed by atoms with van der Waals surface area (Å²) >= 11 is 11.7. The van der Waals surface area contributed by atoms with Crippen LogP contribution in [-0.2, 0) is 16.1 Å². The van der Waals surface area contributed by atoms with Gasteiger partial charge in [0.25, 0.3) is 0 Å². The molecule has 2 heterocycles. The zero-order valence-electron chi connectivity index (χ0n) is 8.69. The molecule has 1 saturated carbocycles. The van der Waals surface area contributed by atoms with Crippen molar-refractivity contribution >= 4 is 35.0 Å². The highest BCUT2D eigenvalue weighted by Gasteiger charge is 2.58. The van der Waals surface area contributed by atoms with Crippen LogP contribution in [0.4, 0.5) is 0 Å². The SMILES string of the molecule is O=C1C2CC2C(=O)N1Cc1cnc(Cl)cc1Cl. The molecule has 1 aromatic rings. The van der Waals surface area contributed by atoms with Crippen molar-refractivity contribution in [2.75, 3.05) is 0 Å². The number of halogens is 2. The summed E-state index contributed by atoms with van der Waals surface area (Å²) in [6.45, 7) is 0.188. The van der Waals surface area contributed by atoms with Gasteiger partial charge >= 0.3 is 0 Å². The lowest BCUT2D eigenvalue weighted by molar-refractivity contribution is -0.142. The maximum Gasteiger partial charge on any atom is 0.233 e. The van der Waals surface area contributed by atoms with Gasteiger partial charge < -0.3 is 0 Å². The van der Waals surface area contributed by atoms with Crippen LogP contribution in [-0.4, -0.2) is 21.7 Å². The Labute approximate surface area is 108 Å². The molecule has 4 nitrogen and oxygen atoms in total. The Balaban J connectivity index is 1.83. The number of piperidine rings is 1. The lowest BCUT2D eigenvalue weighted by Gasteiger charge is -2.16. The van der Waals surface area contributed by atoms with Crippen molar-refractivity contribution in [2.45, 2.75) is 13.0 Å². The Morgan fingerprint density at radius 3 is 2.53 bits per heavy atom. The summed E-state index contributed by atoms with van der Waals surface area (Å²) in [5.41, 5.74) is 0.638. The number of amides is 2. The maximum atomic E-state index is 11.8. The highest BCUT2D eigenvalue weighted by atomic mass is 35.5. The number of imide groups is 1. The fourth-order valence-corrected chi connectivity index (χ4v) is 2.55. The lowest BCUT2D eigenvalue weighted by atomic mass is 10.2. The minimum absolute atomic E-state index is 0.0819. The first-order valence-electron chi connectivity index (χ1n) is 5.23. The van der Waals surface area contributed by atoms with E-state index in [0.29, 0.717) is 22.2 Å². The molecule has 2 atom stereocenters. The van der Waals surface area contributed by atoms with Crippen molar-refractivity contribution in [3.63, 3.8) is 0 Å². The standard InChI is InChI=1S/C11H8Cl2N2O2/c12-8-2-9(13)14-3-5(8)4-15-10(16)6-1-7(6)11(15)17/h2-3,6-7H,1,4H2. The molecule has 2 amide bonds. The van der Waals surface area contributed by atoms with E-state index in [4.69, 9.17) is 23.2 Å². The van der Waals surface area contributed by atoms with Gasteiger partial charge in [0, 0.05) is 11.8 Å². The number of hydrogen-bond acceptors (Lipinski definition) is 3. The molecule has 0 bridgehead atoms. The molecular weight excluding hydrogens is 263 g/mol. The summed E-state index contributed by atoms with van der Waals surface area (Å²) in [4.78, 5) is 28.7. The van der Waals surface area contributed by atoms with Crippen LogP contribution in [0.15, 0.2) is 12.3 Å². The molecule has 0 N–H and O–H groups in total. The van der Waals surface area contributed by atoms with Gasteiger partial charge in [-0.05, 0) is 12.5 Å². The minimum atomic E-state index is -0.0917. The van der Waals surface area contributed by atoms with E-state index in [9.17, 15) is 9.59 Å². The van der Waals surface area contributed by atoms with E-state index in [2.05, 4.69) is 4.98 Å². The molecule has 1 aliphatic carbocycles. The van der Waals surface area contributed by atoms with Gasteiger partial charge in [0.15, 0.2) is 0 Å². The average molecular weight is 271 g/mol. The van der Waals surface area contributed by atoms with Gasteiger partial charge in [-0.15, -0.1) is 0 Å². The Morgan fingerprint density at radius 2 is 1.94 bits per heavy atom. The van der Waals surface area contributed by atoms with Crippen LogP contribution >= 0.6 is 23.2 Å². The van der Waals surface area contributed by atoms with Crippen molar-refractivity contribution in [1.29, 1.82) is 0 Å². The third kappa shape index (κ3) is 1.72. The van der Waals surface area contributed by atoms with Gasteiger partial charge in [-0.1, -0.05) is 23.2 Å². The lowest BCUT2D eigenvalue weighted by Crippen LogP contribution is -2.32. The Morgan fingerprint density at radius 1 is 1.29 bits per heavy atom. The Bertz CT molecular complexity index is 512. The summed E-state index contributed by atoms with van der Waals surface area (Å²) in [5.74, 6) is -0.347. The van der Waals surface area contributed by atoms with Gasteiger partial charge in [-0.25, -0.2) is 4.98 Å². The van der Waals surface area contributed by atoms with Crippen molar-refractivity contribution in [1.82, 2.24) is 9.88 Å². The number of aromatic nitrogens is 1. The topological polar surface area (TPSA) is 50.3 Å². The van der Waals surface area contributed by atoms with Crippen LogP contribution < -0.4 is 0 Å². The van der Waals surface area contributed by atoms with Gasteiger partial charge in [0.1, 0.15) is 5.15 Å². The normalized spacial score (nSPS) is 26.4. The van der Waals surface area contributed by atoms with Gasteiger partial charge in [0.05, 0.1) is 23.4 Å². The third-order valence-corrected chi connectivity index (χ3v) is 3.74. The Hall–Kier alpha value is -1.13. The van der Waals surface area contributed by atoms with Crippen molar-refractivity contribution in [2.24, 2.45) is 11.8 Å². The fourth-order valence-electron chi connectivity index (χ4n) is 2.13. The zero-order chi connectivity index (χ0) is 12.2. The van der Waals surface area contributed by atoms with Crippen LogP contribution in [0.5, 0.6) is 0 Å². The number of carbonyl (C=O) groups is 2. The molecule has 0 spiro atoms. The van der Waals surface area contributed by atoms with Crippen molar-refractivity contribution in [3.05, 3.63) is 28.0 Å². The first-order chi connectivity index (χ1) is 8.08. The molecule has 0 radical (unpaired) electrons. The summed E-state index contributed by atoms with van der Waals surface area (Å²) in [5, 5.41) is 0.715. The second-order valence-corrected chi connectivity index (χ2v) is 5.10.